The van der Waals surface area contributed by atoms with E-state index in [2.05, 4.69) is 64.3 Å². The van der Waals surface area contributed by atoms with Crippen molar-refractivity contribution in [2.24, 2.45) is 0 Å². The van der Waals surface area contributed by atoms with E-state index in [0.29, 0.717) is 6.04 Å². The van der Waals surface area contributed by atoms with Crippen molar-refractivity contribution in [2.45, 2.75) is 26.4 Å². The molecule has 0 amide bonds. The SMILES string of the molecule is Cc1ccncc1CN[C@@H](C)c1ccc(Br)cc1. The minimum atomic E-state index is 0.331. The number of nitrogens with zero attached hydrogens (tertiary/aromatic N) is 1. The first kappa shape index (κ1) is 13.2. The highest BCUT2D eigenvalue weighted by molar-refractivity contribution is 9.10. The van der Waals surface area contributed by atoms with E-state index in [1.807, 2.05) is 18.5 Å². The molecule has 3 heteroatoms. The van der Waals surface area contributed by atoms with Crippen molar-refractivity contribution in [3.05, 3.63) is 63.9 Å². The van der Waals surface area contributed by atoms with E-state index in [9.17, 15) is 0 Å². The minimum Gasteiger partial charge on any atom is -0.306 e. The molecular formula is C15H17BrN2. The van der Waals surface area contributed by atoms with Gasteiger partial charge in [-0.3, -0.25) is 4.98 Å². The van der Waals surface area contributed by atoms with Gasteiger partial charge in [-0.15, -0.1) is 0 Å². The van der Waals surface area contributed by atoms with Crippen LogP contribution in [0.2, 0.25) is 0 Å². The second-order valence-corrected chi connectivity index (χ2v) is 5.37. The maximum atomic E-state index is 4.16. The Morgan fingerprint density at radius 2 is 1.94 bits per heavy atom. The Bertz CT molecular complexity index is 508. The first-order valence-electron chi connectivity index (χ1n) is 6.05. The van der Waals surface area contributed by atoms with Crippen LogP contribution in [0.1, 0.15) is 29.7 Å². The molecule has 1 heterocycles. The number of hydrogen-bond acceptors (Lipinski definition) is 2. The van der Waals surface area contributed by atoms with Crippen molar-refractivity contribution in [3.8, 4) is 0 Å². The Morgan fingerprint density at radius 1 is 1.22 bits per heavy atom. The maximum absolute atomic E-state index is 4.16. The molecule has 1 N–H and O–H groups in total. The monoisotopic (exact) mass is 304 g/mol. The zero-order chi connectivity index (χ0) is 13.0. The molecule has 0 unspecified atom stereocenters. The summed E-state index contributed by atoms with van der Waals surface area (Å²) in [5, 5.41) is 3.52. The zero-order valence-corrected chi connectivity index (χ0v) is 12.2. The van der Waals surface area contributed by atoms with Gasteiger partial charge in [-0.2, -0.15) is 0 Å². The van der Waals surface area contributed by atoms with E-state index in [1.165, 1.54) is 16.7 Å². The first-order valence-corrected chi connectivity index (χ1v) is 6.84. The fourth-order valence-corrected chi connectivity index (χ4v) is 2.08. The molecule has 2 nitrogen and oxygen atoms in total. The number of hydrogen-bond donors (Lipinski definition) is 1. The number of pyridine rings is 1. The number of nitrogens with one attached hydrogen (secondary N) is 1. The summed E-state index contributed by atoms with van der Waals surface area (Å²) in [6.07, 6.45) is 3.76. The summed E-state index contributed by atoms with van der Waals surface area (Å²) in [4.78, 5) is 4.16. The summed E-state index contributed by atoms with van der Waals surface area (Å²) in [5.74, 6) is 0. The predicted molar refractivity (Wildman–Crippen MR) is 78.4 cm³/mol. The van der Waals surface area contributed by atoms with Crippen molar-refractivity contribution in [2.75, 3.05) is 0 Å². The van der Waals surface area contributed by atoms with Gasteiger partial charge in [-0.05, 0) is 48.7 Å². The standard InChI is InChI=1S/C15H17BrN2/c1-11-7-8-17-9-14(11)10-18-12(2)13-3-5-15(16)6-4-13/h3-9,12,18H,10H2,1-2H3/t12-/m0/s1. The van der Waals surface area contributed by atoms with Crippen LogP contribution in [0.4, 0.5) is 0 Å². The first-order chi connectivity index (χ1) is 8.66. The zero-order valence-electron chi connectivity index (χ0n) is 10.7. The average molecular weight is 305 g/mol. The van der Waals surface area contributed by atoms with Crippen molar-refractivity contribution in [3.63, 3.8) is 0 Å². The second-order valence-electron chi connectivity index (χ2n) is 4.46. The lowest BCUT2D eigenvalue weighted by Crippen LogP contribution is -2.18. The summed E-state index contributed by atoms with van der Waals surface area (Å²) in [5.41, 5.74) is 3.82. The molecule has 0 aliphatic carbocycles. The molecule has 0 radical (unpaired) electrons. The van der Waals surface area contributed by atoms with Crippen LogP contribution in [0.3, 0.4) is 0 Å². The van der Waals surface area contributed by atoms with Gasteiger partial charge in [0.15, 0.2) is 0 Å². The summed E-state index contributed by atoms with van der Waals surface area (Å²) < 4.78 is 1.11. The molecule has 94 valence electrons. The Kier molecular flexibility index (Phi) is 4.50. The highest BCUT2D eigenvalue weighted by Crippen LogP contribution is 2.17. The van der Waals surface area contributed by atoms with E-state index in [0.717, 1.165) is 11.0 Å². The van der Waals surface area contributed by atoms with Crippen LogP contribution >= 0.6 is 15.9 Å². The third-order valence-corrected chi connectivity index (χ3v) is 3.64. The summed E-state index contributed by atoms with van der Waals surface area (Å²) in [6, 6.07) is 10.8. The fraction of sp³-hybridized carbons (Fsp3) is 0.267. The third kappa shape index (κ3) is 3.40. The molecule has 0 saturated heterocycles. The highest BCUT2D eigenvalue weighted by atomic mass is 79.9. The number of benzene rings is 1. The Balaban J connectivity index is 1.98. The summed E-state index contributed by atoms with van der Waals surface area (Å²) >= 11 is 3.45. The van der Waals surface area contributed by atoms with Crippen molar-refractivity contribution in [1.29, 1.82) is 0 Å². The average Bonchev–Trinajstić information content (AvgIpc) is 2.38. The van der Waals surface area contributed by atoms with E-state index in [4.69, 9.17) is 0 Å². The van der Waals surface area contributed by atoms with Gasteiger partial charge in [0.25, 0.3) is 0 Å². The molecule has 18 heavy (non-hydrogen) atoms. The summed E-state index contributed by atoms with van der Waals surface area (Å²) in [6.45, 7) is 5.13. The normalized spacial score (nSPS) is 12.4. The van der Waals surface area contributed by atoms with Crippen LogP contribution in [0.5, 0.6) is 0 Å². The van der Waals surface area contributed by atoms with Crippen LogP contribution in [0.15, 0.2) is 47.2 Å². The third-order valence-electron chi connectivity index (χ3n) is 3.12. The van der Waals surface area contributed by atoms with Gasteiger partial charge in [0, 0.05) is 29.5 Å². The van der Waals surface area contributed by atoms with Gasteiger partial charge in [0.2, 0.25) is 0 Å². The molecule has 0 spiro atoms. The van der Waals surface area contributed by atoms with E-state index in [-0.39, 0.29) is 0 Å². The van der Waals surface area contributed by atoms with E-state index >= 15 is 0 Å². The molecule has 1 aromatic carbocycles. The van der Waals surface area contributed by atoms with E-state index in [1.54, 1.807) is 0 Å². The number of rotatable bonds is 4. The van der Waals surface area contributed by atoms with Gasteiger partial charge in [-0.25, -0.2) is 0 Å². The maximum Gasteiger partial charge on any atom is 0.0315 e. The highest BCUT2D eigenvalue weighted by Gasteiger charge is 2.05. The molecule has 0 saturated carbocycles. The van der Waals surface area contributed by atoms with Crippen LogP contribution in [-0.4, -0.2) is 4.98 Å². The predicted octanol–water partition coefficient (Wildman–Crippen LogP) is 4.00. The topological polar surface area (TPSA) is 24.9 Å². The number of halogens is 1. The quantitative estimate of drug-likeness (QED) is 0.923. The van der Waals surface area contributed by atoms with E-state index < -0.39 is 0 Å². The number of aromatic nitrogens is 1. The van der Waals surface area contributed by atoms with Gasteiger partial charge in [0.1, 0.15) is 0 Å². The fourth-order valence-electron chi connectivity index (χ4n) is 1.81. The molecule has 0 aliphatic rings. The molecular weight excluding hydrogens is 288 g/mol. The molecule has 0 aliphatic heterocycles. The largest absolute Gasteiger partial charge is 0.306 e. The van der Waals surface area contributed by atoms with Gasteiger partial charge in [0.05, 0.1) is 0 Å². The molecule has 2 rings (SSSR count). The van der Waals surface area contributed by atoms with Crippen LogP contribution < -0.4 is 5.32 Å². The molecule has 2 aromatic rings. The van der Waals surface area contributed by atoms with Gasteiger partial charge >= 0.3 is 0 Å². The minimum absolute atomic E-state index is 0.331. The molecule has 1 atom stereocenters. The van der Waals surface area contributed by atoms with Gasteiger partial charge < -0.3 is 5.32 Å². The lowest BCUT2D eigenvalue weighted by atomic mass is 10.1. The Hall–Kier alpha value is -1.19. The van der Waals surface area contributed by atoms with Crippen molar-refractivity contribution >= 4 is 15.9 Å². The molecule has 0 bridgehead atoms. The molecule has 0 fully saturated rings. The Labute approximate surface area is 117 Å². The molecule has 1 aromatic heterocycles. The summed E-state index contributed by atoms with van der Waals surface area (Å²) in [7, 11) is 0. The van der Waals surface area contributed by atoms with Crippen molar-refractivity contribution in [1.82, 2.24) is 10.3 Å². The lowest BCUT2D eigenvalue weighted by Gasteiger charge is -2.15. The smallest absolute Gasteiger partial charge is 0.0315 e. The second kappa shape index (κ2) is 6.12. The van der Waals surface area contributed by atoms with Crippen LogP contribution in [-0.2, 0) is 6.54 Å². The lowest BCUT2D eigenvalue weighted by molar-refractivity contribution is 0.572. The van der Waals surface area contributed by atoms with Crippen LogP contribution in [0.25, 0.3) is 0 Å². The van der Waals surface area contributed by atoms with Crippen molar-refractivity contribution < 1.29 is 0 Å². The van der Waals surface area contributed by atoms with Crippen LogP contribution in [0, 0.1) is 6.92 Å². The number of aryl methyl sites for hydroxylation is 1. The Morgan fingerprint density at radius 3 is 2.61 bits per heavy atom. The van der Waals surface area contributed by atoms with Gasteiger partial charge in [-0.1, -0.05) is 28.1 Å².